The van der Waals surface area contributed by atoms with Gasteiger partial charge in [-0.05, 0) is 66.2 Å². The lowest BCUT2D eigenvalue weighted by molar-refractivity contribution is 0.0729. The molecule has 0 fully saturated rings. The van der Waals surface area contributed by atoms with Crippen LogP contribution in [0.3, 0.4) is 0 Å². The molecule has 3 aromatic carbocycles. The number of carbonyl (C=O) groups excluding carboxylic acids is 2. The molecule has 0 unspecified atom stereocenters. The van der Waals surface area contributed by atoms with E-state index < -0.39 is 11.9 Å². The Morgan fingerprint density at radius 3 is 2.22 bits per heavy atom. The molecule has 7 nitrogen and oxygen atoms in total. The van der Waals surface area contributed by atoms with E-state index >= 15 is 0 Å². The van der Waals surface area contributed by atoms with Gasteiger partial charge in [-0.2, -0.15) is 5.10 Å². The molecule has 164 valence electrons. The van der Waals surface area contributed by atoms with Gasteiger partial charge in [0, 0.05) is 5.56 Å². The number of carbonyl (C=O) groups is 2. The molecule has 0 aromatic heterocycles. The fraction of sp³-hybridized carbons (Fsp3) is 0.0870. The van der Waals surface area contributed by atoms with Crippen LogP contribution in [0.1, 0.15) is 26.3 Å². The van der Waals surface area contributed by atoms with Crippen molar-refractivity contribution in [2.45, 2.75) is 0 Å². The van der Waals surface area contributed by atoms with E-state index in [1.807, 2.05) is 0 Å². The fourth-order valence-electron chi connectivity index (χ4n) is 2.60. The Morgan fingerprint density at radius 2 is 1.56 bits per heavy atom. The largest absolute Gasteiger partial charge is 0.497 e. The number of methoxy groups -OCH3 is 2. The number of hydrogen-bond acceptors (Lipinski definition) is 6. The fourth-order valence-corrected chi connectivity index (χ4v) is 2.90. The van der Waals surface area contributed by atoms with Crippen LogP contribution in [0, 0.1) is 0 Å². The van der Waals surface area contributed by atoms with E-state index in [2.05, 4.69) is 10.5 Å². The Balaban J connectivity index is 1.66. The Bertz CT molecular complexity index is 1160. The third kappa shape index (κ3) is 5.78. The first-order valence-corrected chi connectivity index (χ1v) is 9.99. The number of halogens is 2. The van der Waals surface area contributed by atoms with E-state index in [1.54, 1.807) is 49.6 Å². The number of amides is 1. The topological polar surface area (TPSA) is 86.2 Å². The van der Waals surface area contributed by atoms with E-state index in [9.17, 15) is 9.59 Å². The van der Waals surface area contributed by atoms with E-state index in [4.69, 9.17) is 37.4 Å². The second kappa shape index (κ2) is 10.7. The molecule has 9 heteroatoms. The number of rotatable bonds is 7. The zero-order valence-corrected chi connectivity index (χ0v) is 18.6. The van der Waals surface area contributed by atoms with Gasteiger partial charge in [0.2, 0.25) is 0 Å². The summed E-state index contributed by atoms with van der Waals surface area (Å²) < 4.78 is 15.8. The standard InChI is InChI=1S/C23H18Cl2N2O5/c1-30-17-7-4-15(5-8-17)23(29)32-20-10-3-14(11-21(20)31-2)13-26-27-22(28)16-6-9-18(24)19(25)12-16/h3-13H,1-2H3,(H,27,28)/b26-13-. The van der Waals surface area contributed by atoms with Gasteiger partial charge >= 0.3 is 5.97 Å². The summed E-state index contributed by atoms with van der Waals surface area (Å²) in [6.45, 7) is 0. The zero-order chi connectivity index (χ0) is 23.1. The third-order valence-corrected chi connectivity index (χ3v) is 5.02. The molecule has 0 atom stereocenters. The summed E-state index contributed by atoms with van der Waals surface area (Å²) >= 11 is 11.8. The van der Waals surface area contributed by atoms with Crippen molar-refractivity contribution in [1.82, 2.24) is 5.43 Å². The normalized spacial score (nSPS) is 10.6. The van der Waals surface area contributed by atoms with Crippen molar-refractivity contribution in [1.29, 1.82) is 0 Å². The monoisotopic (exact) mass is 472 g/mol. The molecule has 0 aliphatic carbocycles. The minimum Gasteiger partial charge on any atom is -0.497 e. The highest BCUT2D eigenvalue weighted by atomic mass is 35.5. The van der Waals surface area contributed by atoms with Crippen molar-refractivity contribution in [3.8, 4) is 17.2 Å². The van der Waals surface area contributed by atoms with Crippen LogP contribution in [-0.4, -0.2) is 32.3 Å². The molecular weight excluding hydrogens is 455 g/mol. The number of nitrogens with zero attached hydrogens (tertiary/aromatic N) is 1. The number of benzene rings is 3. The first-order chi connectivity index (χ1) is 15.4. The van der Waals surface area contributed by atoms with Crippen molar-refractivity contribution in [2.75, 3.05) is 14.2 Å². The van der Waals surface area contributed by atoms with Gasteiger partial charge < -0.3 is 14.2 Å². The maximum Gasteiger partial charge on any atom is 0.343 e. The highest BCUT2D eigenvalue weighted by Crippen LogP contribution is 2.28. The van der Waals surface area contributed by atoms with Crippen molar-refractivity contribution >= 4 is 41.3 Å². The van der Waals surface area contributed by atoms with Gasteiger partial charge in [0.05, 0.1) is 36.0 Å². The lowest BCUT2D eigenvalue weighted by Crippen LogP contribution is -2.17. The van der Waals surface area contributed by atoms with Gasteiger partial charge in [-0.3, -0.25) is 4.79 Å². The maximum absolute atomic E-state index is 12.4. The number of hydrogen-bond donors (Lipinski definition) is 1. The number of hydrazone groups is 1. The maximum atomic E-state index is 12.4. The van der Waals surface area contributed by atoms with Crippen molar-refractivity contribution in [2.24, 2.45) is 5.10 Å². The summed E-state index contributed by atoms with van der Waals surface area (Å²) in [6.07, 6.45) is 1.42. The van der Waals surface area contributed by atoms with E-state index in [0.29, 0.717) is 33.2 Å². The summed E-state index contributed by atoms with van der Waals surface area (Å²) in [4.78, 5) is 24.5. The summed E-state index contributed by atoms with van der Waals surface area (Å²) in [7, 11) is 2.99. The molecular formula is C23H18Cl2N2O5. The molecule has 1 N–H and O–H groups in total. The van der Waals surface area contributed by atoms with E-state index in [1.165, 1.54) is 31.5 Å². The molecule has 1 amide bonds. The molecule has 0 aliphatic heterocycles. The summed E-state index contributed by atoms with van der Waals surface area (Å²) in [6, 6.07) is 15.9. The van der Waals surface area contributed by atoms with Crippen LogP contribution in [0.4, 0.5) is 0 Å². The second-order valence-electron chi connectivity index (χ2n) is 6.36. The average Bonchev–Trinajstić information content (AvgIpc) is 2.81. The van der Waals surface area contributed by atoms with Gasteiger partial charge in [0.1, 0.15) is 5.75 Å². The van der Waals surface area contributed by atoms with Crippen LogP contribution in [-0.2, 0) is 0 Å². The molecule has 0 aliphatic rings. The van der Waals surface area contributed by atoms with Crippen LogP contribution in [0.5, 0.6) is 17.2 Å². The predicted molar refractivity (Wildman–Crippen MR) is 122 cm³/mol. The molecule has 3 rings (SSSR count). The minimum absolute atomic E-state index is 0.241. The molecule has 0 heterocycles. The number of ether oxygens (including phenoxy) is 3. The van der Waals surface area contributed by atoms with Gasteiger partial charge in [-0.1, -0.05) is 23.2 Å². The molecule has 0 radical (unpaired) electrons. The highest BCUT2D eigenvalue weighted by Gasteiger charge is 2.13. The average molecular weight is 473 g/mol. The molecule has 32 heavy (non-hydrogen) atoms. The second-order valence-corrected chi connectivity index (χ2v) is 7.17. The summed E-state index contributed by atoms with van der Waals surface area (Å²) in [5.41, 5.74) is 3.69. The van der Waals surface area contributed by atoms with Crippen LogP contribution in [0.2, 0.25) is 10.0 Å². The smallest absolute Gasteiger partial charge is 0.343 e. The van der Waals surface area contributed by atoms with Gasteiger partial charge in [0.25, 0.3) is 5.91 Å². The highest BCUT2D eigenvalue weighted by molar-refractivity contribution is 6.42. The molecule has 3 aromatic rings. The van der Waals surface area contributed by atoms with E-state index in [-0.39, 0.29) is 10.8 Å². The first kappa shape index (κ1) is 23.1. The van der Waals surface area contributed by atoms with Crippen molar-refractivity contribution in [3.63, 3.8) is 0 Å². The third-order valence-electron chi connectivity index (χ3n) is 4.28. The van der Waals surface area contributed by atoms with Gasteiger partial charge in [-0.25, -0.2) is 10.2 Å². The summed E-state index contributed by atoms with van der Waals surface area (Å²) in [5, 5.41) is 4.55. The quantitative estimate of drug-likeness (QED) is 0.226. The minimum atomic E-state index is -0.541. The predicted octanol–water partition coefficient (Wildman–Crippen LogP) is 4.99. The van der Waals surface area contributed by atoms with Crippen molar-refractivity contribution < 1.29 is 23.8 Å². The first-order valence-electron chi connectivity index (χ1n) is 9.24. The Morgan fingerprint density at radius 1 is 0.844 bits per heavy atom. The Hall–Kier alpha value is -3.55. The number of esters is 1. The van der Waals surface area contributed by atoms with E-state index in [0.717, 1.165) is 0 Å². The number of nitrogens with one attached hydrogen (secondary N) is 1. The molecule has 0 saturated heterocycles. The molecule has 0 spiro atoms. The van der Waals surface area contributed by atoms with Crippen LogP contribution >= 0.6 is 23.2 Å². The lowest BCUT2D eigenvalue weighted by Gasteiger charge is -2.10. The Kier molecular flexibility index (Phi) is 7.70. The van der Waals surface area contributed by atoms with Crippen LogP contribution < -0.4 is 19.6 Å². The van der Waals surface area contributed by atoms with Crippen LogP contribution in [0.25, 0.3) is 0 Å². The lowest BCUT2D eigenvalue weighted by atomic mass is 10.2. The van der Waals surface area contributed by atoms with Gasteiger partial charge in [0.15, 0.2) is 11.5 Å². The Labute approximate surface area is 194 Å². The summed E-state index contributed by atoms with van der Waals surface area (Å²) in [5.74, 6) is 0.212. The zero-order valence-electron chi connectivity index (χ0n) is 17.1. The molecule has 0 bridgehead atoms. The van der Waals surface area contributed by atoms with Crippen molar-refractivity contribution in [3.05, 3.63) is 87.4 Å². The molecule has 0 saturated carbocycles. The SMILES string of the molecule is COc1ccc(C(=O)Oc2ccc(/C=N\NC(=O)c3ccc(Cl)c(Cl)c3)cc2OC)cc1. The van der Waals surface area contributed by atoms with Crippen LogP contribution in [0.15, 0.2) is 65.8 Å². The van der Waals surface area contributed by atoms with Gasteiger partial charge in [-0.15, -0.1) is 0 Å².